The molecule has 1 fully saturated rings. The first-order chi connectivity index (χ1) is 32.1. The number of aliphatic hydroxyl groups excluding tert-OH is 2. The molecule has 0 spiro atoms. The lowest BCUT2D eigenvalue weighted by Crippen LogP contribution is -2.53. The number of carbonyl (C=O) groups is 6. The highest BCUT2D eigenvalue weighted by molar-refractivity contribution is 7.80. The number of nitrogens with one attached hydrogen (secondary N) is 4. The van der Waals surface area contributed by atoms with Crippen LogP contribution in [-0.4, -0.2) is 200 Å². The number of hydrogen-bond acceptors (Lipinski definition) is 20. The van der Waals surface area contributed by atoms with Crippen LogP contribution in [0.4, 0.5) is 0 Å². The summed E-state index contributed by atoms with van der Waals surface area (Å²) in [5, 5.41) is 81.3. The van der Waals surface area contributed by atoms with Crippen molar-refractivity contribution in [1.29, 1.82) is 0 Å². The van der Waals surface area contributed by atoms with Crippen LogP contribution in [0.5, 0.6) is 17.2 Å². The largest absolute Gasteiger partial charge is 0.507 e. The van der Waals surface area contributed by atoms with Gasteiger partial charge in [-0.25, -0.2) is 0 Å². The third-order valence-corrected chi connectivity index (χ3v) is 12.1. The molecule has 0 bridgehead atoms. The second-order valence-corrected chi connectivity index (χ2v) is 17.3. The Morgan fingerprint density at radius 1 is 0.956 bits per heavy atom. The Morgan fingerprint density at radius 3 is 2.18 bits per heavy atom. The molecule has 370 valence electrons. The summed E-state index contributed by atoms with van der Waals surface area (Å²) >= 11 is 10.3. The van der Waals surface area contributed by atoms with Gasteiger partial charge in [-0.05, 0) is 25.2 Å². The highest BCUT2D eigenvalue weighted by atomic mass is 32.1. The van der Waals surface area contributed by atoms with Gasteiger partial charge in [0, 0.05) is 67.0 Å². The standard InChI is InChI=1S/C42H54N8O16S2/c1-19-36(58)23(43)9-31(65-19)66-25-11-42(63,10-22-33(25)40(62)35-34(38(22)60)37(59)21-5-4-6-24(64-3)32(21)39(35)61)26(18-51)45-12-20(67)13-46-27(52)14-49(16-29(54)55)7-8-50(17-30(56)57)15-28(53)47-48-41(68)44-2/h4-6,19,23,25,31,36,51,58,60,62-63H,7-18,43H2,1-3H3,(H,46,52)(H,47,53)(H,54,55)(H,56,57)(H2,44,48,68)/t19-,23-,25-,31-,36+,42-/m0/s1. The van der Waals surface area contributed by atoms with Gasteiger partial charge in [-0.1, -0.05) is 24.4 Å². The van der Waals surface area contributed by atoms with Crippen molar-refractivity contribution in [2.24, 2.45) is 10.7 Å². The van der Waals surface area contributed by atoms with Gasteiger partial charge in [0.15, 0.2) is 17.2 Å². The zero-order valence-electron chi connectivity index (χ0n) is 37.1. The molecule has 1 aliphatic heterocycles. The van der Waals surface area contributed by atoms with E-state index in [9.17, 15) is 64.5 Å². The average Bonchev–Trinajstić information content (AvgIpc) is 3.27. The van der Waals surface area contributed by atoms with E-state index < -0.39 is 140 Å². The molecule has 1 heterocycles. The van der Waals surface area contributed by atoms with Crippen LogP contribution in [0.15, 0.2) is 23.2 Å². The fourth-order valence-corrected chi connectivity index (χ4v) is 8.36. The Hall–Kier alpha value is -5.81. The second kappa shape index (κ2) is 23.0. The van der Waals surface area contributed by atoms with Crippen molar-refractivity contribution in [2.75, 3.05) is 73.1 Å². The van der Waals surface area contributed by atoms with Crippen molar-refractivity contribution < 1.29 is 78.7 Å². The number of hydrazine groups is 1. The third-order valence-electron chi connectivity index (χ3n) is 11.5. The van der Waals surface area contributed by atoms with E-state index in [2.05, 4.69) is 26.5 Å². The molecule has 5 rings (SSSR count). The fraction of sp³-hybridized carbons (Fsp3) is 0.500. The summed E-state index contributed by atoms with van der Waals surface area (Å²) in [4.78, 5) is 83.4. The van der Waals surface area contributed by atoms with Crippen molar-refractivity contribution in [3.05, 3.63) is 51.6 Å². The number of nitrogens with zero attached hydrogens (tertiary/aromatic N) is 3. The molecule has 2 amide bonds. The van der Waals surface area contributed by atoms with E-state index in [1.165, 1.54) is 42.2 Å². The number of ether oxygens (including phenoxy) is 3. The van der Waals surface area contributed by atoms with Crippen LogP contribution >= 0.6 is 24.4 Å². The quantitative estimate of drug-likeness (QED) is 0.0236. The smallest absolute Gasteiger partial charge is 0.317 e. The molecule has 0 unspecified atom stereocenters. The maximum atomic E-state index is 14.1. The lowest BCUT2D eigenvalue weighted by Gasteiger charge is -2.43. The number of aliphatic hydroxyl groups is 3. The van der Waals surface area contributed by atoms with Gasteiger partial charge in [0.05, 0.1) is 93.7 Å². The normalized spacial score (nSPS) is 22.1. The maximum Gasteiger partial charge on any atom is 0.317 e. The van der Waals surface area contributed by atoms with E-state index >= 15 is 0 Å². The zero-order chi connectivity index (χ0) is 50.2. The Labute approximate surface area is 399 Å². The molecule has 68 heavy (non-hydrogen) atoms. The minimum atomic E-state index is -2.18. The van der Waals surface area contributed by atoms with E-state index in [1.807, 2.05) is 0 Å². The Kier molecular flexibility index (Phi) is 18.0. The number of phenolic OH excluding ortho intramolecular Hbond substituents is 2. The molecule has 3 aliphatic rings. The van der Waals surface area contributed by atoms with E-state index in [0.29, 0.717) is 0 Å². The van der Waals surface area contributed by atoms with Crippen molar-refractivity contribution >= 4 is 75.4 Å². The van der Waals surface area contributed by atoms with E-state index in [-0.39, 0.29) is 76.3 Å². The molecule has 0 aromatic heterocycles. The van der Waals surface area contributed by atoms with Crippen LogP contribution in [0.1, 0.15) is 68.8 Å². The van der Waals surface area contributed by atoms with Crippen LogP contribution in [0.3, 0.4) is 0 Å². The molecular weight excluding hydrogens is 937 g/mol. The van der Waals surface area contributed by atoms with Gasteiger partial charge in [0.25, 0.3) is 5.91 Å². The number of nitrogens with two attached hydrogens (primary N) is 1. The predicted octanol–water partition coefficient (Wildman–Crippen LogP) is -2.74. The maximum absolute atomic E-state index is 14.1. The SMILES string of the molecule is CNC(=S)NNC(=O)CN(CCN(CC(=O)O)CC(=O)NCC(=S)CN=C(CO)[C@]1(O)Cc2c(O)c3c(c(O)c2[C@@H](O[C@H]2C[C@H](N)[C@H](O)[C@H](C)O2)C1)C(=O)c1c(OC)cccc1C3=O)CC(=O)O. The lowest BCUT2D eigenvalue weighted by atomic mass is 9.71. The average molecular weight is 991 g/mol. The predicted molar refractivity (Wildman–Crippen MR) is 246 cm³/mol. The molecule has 2 aromatic rings. The number of carbonyl (C=O) groups excluding carboxylic acids is 4. The van der Waals surface area contributed by atoms with Crippen LogP contribution in [-0.2, 0) is 35.1 Å². The minimum Gasteiger partial charge on any atom is -0.507 e. The number of aromatic hydroxyl groups is 2. The first kappa shape index (κ1) is 53.1. The number of aliphatic imine (C=N–C) groups is 1. The summed E-state index contributed by atoms with van der Waals surface area (Å²) in [7, 11) is 2.81. The van der Waals surface area contributed by atoms with Gasteiger partial charge < -0.3 is 66.3 Å². The number of ketones is 2. The number of phenols is 2. The van der Waals surface area contributed by atoms with Crippen molar-refractivity contribution in [3.63, 3.8) is 0 Å². The second-order valence-electron chi connectivity index (χ2n) is 16.3. The highest BCUT2D eigenvalue weighted by Crippen LogP contribution is 2.52. The van der Waals surface area contributed by atoms with Crippen LogP contribution < -0.4 is 32.0 Å². The highest BCUT2D eigenvalue weighted by Gasteiger charge is 2.49. The molecule has 1 saturated heterocycles. The van der Waals surface area contributed by atoms with E-state index in [4.69, 9.17) is 44.4 Å². The van der Waals surface area contributed by atoms with Gasteiger partial charge in [-0.3, -0.25) is 54.4 Å². The molecule has 2 aromatic carbocycles. The number of hydrogen-bond donors (Lipinski definition) is 12. The monoisotopic (exact) mass is 990 g/mol. The summed E-state index contributed by atoms with van der Waals surface area (Å²) in [5.74, 6) is -6.94. The van der Waals surface area contributed by atoms with Crippen molar-refractivity contribution in [1.82, 2.24) is 31.3 Å². The summed E-state index contributed by atoms with van der Waals surface area (Å²) in [6.07, 6.45) is -5.56. The topological polar surface area (TPSA) is 365 Å². The number of aliphatic carboxylic acids is 2. The molecule has 0 radical (unpaired) electrons. The number of amides is 2. The van der Waals surface area contributed by atoms with Crippen LogP contribution in [0.2, 0.25) is 0 Å². The number of rotatable bonds is 20. The molecule has 26 heteroatoms. The number of thiocarbonyl (C=S) groups is 2. The Balaban J connectivity index is 1.34. The molecule has 13 N–H and O–H groups in total. The van der Waals surface area contributed by atoms with E-state index in [0.717, 1.165) is 0 Å². The van der Waals surface area contributed by atoms with Crippen LogP contribution in [0, 0.1) is 0 Å². The summed E-state index contributed by atoms with van der Waals surface area (Å²) < 4.78 is 17.5. The lowest BCUT2D eigenvalue weighted by molar-refractivity contribution is -0.245. The van der Waals surface area contributed by atoms with E-state index in [1.54, 1.807) is 6.92 Å². The zero-order valence-corrected chi connectivity index (χ0v) is 38.8. The molecule has 2 aliphatic carbocycles. The molecular formula is C42H54N8O16S2. The van der Waals surface area contributed by atoms with Gasteiger partial charge in [0.1, 0.15) is 22.8 Å². The minimum absolute atomic E-state index is 0.0466. The molecule has 6 atom stereocenters. The summed E-state index contributed by atoms with van der Waals surface area (Å²) in [5.41, 5.74) is 6.74. The first-order valence-electron chi connectivity index (χ1n) is 21.0. The number of methoxy groups -OCH3 is 1. The number of benzene rings is 2. The van der Waals surface area contributed by atoms with Crippen molar-refractivity contribution in [3.8, 4) is 17.2 Å². The first-order valence-corrected chi connectivity index (χ1v) is 21.9. The van der Waals surface area contributed by atoms with Gasteiger partial charge >= 0.3 is 11.9 Å². The molecule has 0 saturated carbocycles. The number of carboxylic acids is 2. The van der Waals surface area contributed by atoms with Crippen molar-refractivity contribution in [2.45, 2.75) is 62.4 Å². The summed E-state index contributed by atoms with van der Waals surface area (Å²) in [6, 6.07) is 3.47. The van der Waals surface area contributed by atoms with Gasteiger partial charge in [-0.2, -0.15) is 0 Å². The number of carboxylic acid groups (broad SMARTS) is 2. The third kappa shape index (κ3) is 12.4. The summed E-state index contributed by atoms with van der Waals surface area (Å²) in [6.45, 7) is -2.35. The Bertz CT molecular complexity index is 2360. The Morgan fingerprint density at radius 2 is 1.59 bits per heavy atom. The van der Waals surface area contributed by atoms with Gasteiger partial charge in [0.2, 0.25) is 11.7 Å². The van der Waals surface area contributed by atoms with Crippen LogP contribution in [0.25, 0.3) is 0 Å². The fourth-order valence-electron chi connectivity index (χ4n) is 8.18. The van der Waals surface area contributed by atoms with Gasteiger partial charge in [-0.15, -0.1) is 0 Å². The molecule has 24 nitrogen and oxygen atoms in total. The number of fused-ring (bicyclic) bond motifs is 3.